The SMILES string of the molecule is Cc1cc(C(=O)NCc2cccc(N)c2C)c(C)nn1. The highest BCUT2D eigenvalue weighted by Gasteiger charge is 2.11. The van der Waals surface area contributed by atoms with Gasteiger partial charge >= 0.3 is 0 Å². The van der Waals surface area contributed by atoms with Crippen LogP contribution in [0.25, 0.3) is 0 Å². The van der Waals surface area contributed by atoms with E-state index in [0.717, 1.165) is 22.5 Å². The molecule has 5 heteroatoms. The number of benzene rings is 1. The van der Waals surface area contributed by atoms with Crippen LogP contribution in [0.5, 0.6) is 0 Å². The summed E-state index contributed by atoms with van der Waals surface area (Å²) in [4.78, 5) is 12.2. The van der Waals surface area contributed by atoms with E-state index in [-0.39, 0.29) is 5.91 Å². The largest absolute Gasteiger partial charge is 0.399 e. The average molecular weight is 270 g/mol. The molecule has 0 saturated heterocycles. The molecule has 0 bridgehead atoms. The van der Waals surface area contributed by atoms with Gasteiger partial charge in [-0.1, -0.05) is 12.1 Å². The lowest BCUT2D eigenvalue weighted by molar-refractivity contribution is 0.0949. The zero-order valence-corrected chi connectivity index (χ0v) is 11.9. The lowest BCUT2D eigenvalue weighted by Gasteiger charge is -2.10. The number of amides is 1. The summed E-state index contributed by atoms with van der Waals surface area (Å²) in [5, 5.41) is 10.8. The molecular formula is C15H18N4O. The fourth-order valence-electron chi connectivity index (χ4n) is 1.95. The second-order valence-corrected chi connectivity index (χ2v) is 4.80. The maximum Gasteiger partial charge on any atom is 0.253 e. The molecule has 0 fully saturated rings. The minimum Gasteiger partial charge on any atom is -0.399 e. The molecule has 0 aliphatic heterocycles. The van der Waals surface area contributed by atoms with Gasteiger partial charge in [-0.25, -0.2) is 0 Å². The second kappa shape index (κ2) is 5.69. The van der Waals surface area contributed by atoms with Crippen LogP contribution in [-0.2, 0) is 6.54 Å². The number of nitrogens with two attached hydrogens (primary N) is 1. The fraction of sp³-hybridized carbons (Fsp3) is 0.267. The first-order valence-electron chi connectivity index (χ1n) is 6.42. The van der Waals surface area contributed by atoms with Crippen molar-refractivity contribution in [1.82, 2.24) is 15.5 Å². The summed E-state index contributed by atoms with van der Waals surface area (Å²) in [6, 6.07) is 7.42. The number of aryl methyl sites for hydroxylation is 2. The summed E-state index contributed by atoms with van der Waals surface area (Å²) in [7, 11) is 0. The van der Waals surface area contributed by atoms with Crippen molar-refractivity contribution in [2.24, 2.45) is 0 Å². The normalized spacial score (nSPS) is 10.3. The van der Waals surface area contributed by atoms with E-state index < -0.39 is 0 Å². The highest BCUT2D eigenvalue weighted by molar-refractivity contribution is 5.95. The first-order chi connectivity index (χ1) is 9.49. The highest BCUT2D eigenvalue weighted by Crippen LogP contribution is 2.15. The number of hydrogen-bond donors (Lipinski definition) is 2. The van der Waals surface area contributed by atoms with Crippen LogP contribution in [-0.4, -0.2) is 16.1 Å². The van der Waals surface area contributed by atoms with E-state index in [1.807, 2.05) is 32.0 Å². The Kier molecular flexibility index (Phi) is 3.98. The van der Waals surface area contributed by atoms with E-state index in [1.165, 1.54) is 0 Å². The maximum absolute atomic E-state index is 12.2. The van der Waals surface area contributed by atoms with E-state index in [2.05, 4.69) is 15.5 Å². The Hall–Kier alpha value is -2.43. The van der Waals surface area contributed by atoms with Gasteiger partial charge in [-0.3, -0.25) is 4.79 Å². The Morgan fingerprint density at radius 2 is 2.00 bits per heavy atom. The molecule has 1 heterocycles. The zero-order valence-electron chi connectivity index (χ0n) is 11.9. The van der Waals surface area contributed by atoms with Crippen molar-refractivity contribution in [2.45, 2.75) is 27.3 Å². The van der Waals surface area contributed by atoms with Crippen LogP contribution in [0.4, 0.5) is 5.69 Å². The number of carbonyl (C=O) groups is 1. The molecule has 20 heavy (non-hydrogen) atoms. The molecule has 0 radical (unpaired) electrons. The summed E-state index contributed by atoms with van der Waals surface area (Å²) in [5.74, 6) is -0.151. The van der Waals surface area contributed by atoms with Gasteiger partial charge < -0.3 is 11.1 Å². The van der Waals surface area contributed by atoms with Crippen molar-refractivity contribution >= 4 is 11.6 Å². The Balaban J connectivity index is 2.13. The number of aromatic nitrogens is 2. The summed E-state index contributed by atoms with van der Waals surface area (Å²) >= 11 is 0. The van der Waals surface area contributed by atoms with Crippen LogP contribution in [0.2, 0.25) is 0 Å². The third-order valence-electron chi connectivity index (χ3n) is 3.27. The van der Waals surface area contributed by atoms with Gasteiger partial charge in [-0.15, -0.1) is 0 Å². The minimum atomic E-state index is -0.151. The van der Waals surface area contributed by atoms with E-state index in [1.54, 1.807) is 13.0 Å². The van der Waals surface area contributed by atoms with Gasteiger partial charge in [0, 0.05) is 12.2 Å². The van der Waals surface area contributed by atoms with Gasteiger partial charge in [-0.2, -0.15) is 10.2 Å². The molecule has 0 unspecified atom stereocenters. The van der Waals surface area contributed by atoms with Crippen LogP contribution < -0.4 is 11.1 Å². The number of nitrogen functional groups attached to an aromatic ring is 1. The number of hydrogen-bond acceptors (Lipinski definition) is 4. The smallest absolute Gasteiger partial charge is 0.253 e. The van der Waals surface area contributed by atoms with E-state index in [4.69, 9.17) is 5.73 Å². The molecule has 5 nitrogen and oxygen atoms in total. The Morgan fingerprint density at radius 3 is 2.75 bits per heavy atom. The van der Waals surface area contributed by atoms with Gasteiger partial charge in [0.1, 0.15) is 0 Å². The molecule has 0 spiro atoms. The second-order valence-electron chi connectivity index (χ2n) is 4.80. The summed E-state index contributed by atoms with van der Waals surface area (Å²) in [5.41, 5.74) is 10.5. The number of nitrogens with zero attached hydrogens (tertiary/aromatic N) is 2. The molecular weight excluding hydrogens is 252 g/mol. The molecule has 1 amide bonds. The molecule has 0 saturated carbocycles. The Labute approximate surface area is 118 Å². The Bertz CT molecular complexity index is 652. The van der Waals surface area contributed by atoms with Crippen molar-refractivity contribution in [3.05, 3.63) is 52.3 Å². The van der Waals surface area contributed by atoms with Crippen molar-refractivity contribution < 1.29 is 4.79 Å². The highest BCUT2D eigenvalue weighted by atomic mass is 16.1. The van der Waals surface area contributed by atoms with Crippen LogP contribution in [0.3, 0.4) is 0 Å². The lowest BCUT2D eigenvalue weighted by atomic mass is 10.1. The fourth-order valence-corrected chi connectivity index (χ4v) is 1.95. The Morgan fingerprint density at radius 1 is 1.25 bits per heavy atom. The van der Waals surface area contributed by atoms with E-state index in [9.17, 15) is 4.79 Å². The van der Waals surface area contributed by atoms with Crippen molar-refractivity contribution in [3.63, 3.8) is 0 Å². The molecule has 2 rings (SSSR count). The minimum absolute atomic E-state index is 0.151. The first kappa shape index (κ1) is 14.0. The predicted molar refractivity (Wildman–Crippen MR) is 78.3 cm³/mol. The molecule has 0 aliphatic carbocycles. The van der Waals surface area contributed by atoms with E-state index in [0.29, 0.717) is 17.8 Å². The predicted octanol–water partition coefficient (Wildman–Crippen LogP) is 1.91. The van der Waals surface area contributed by atoms with Crippen LogP contribution in [0.1, 0.15) is 32.9 Å². The summed E-state index contributed by atoms with van der Waals surface area (Å²) < 4.78 is 0. The molecule has 1 aromatic carbocycles. The first-order valence-corrected chi connectivity index (χ1v) is 6.42. The number of carbonyl (C=O) groups excluding carboxylic acids is 1. The van der Waals surface area contributed by atoms with Gasteiger partial charge in [0.2, 0.25) is 0 Å². The molecule has 3 N–H and O–H groups in total. The van der Waals surface area contributed by atoms with E-state index >= 15 is 0 Å². The summed E-state index contributed by atoms with van der Waals surface area (Å²) in [6.45, 7) is 5.97. The van der Waals surface area contributed by atoms with Crippen molar-refractivity contribution in [3.8, 4) is 0 Å². The third kappa shape index (κ3) is 2.93. The van der Waals surface area contributed by atoms with Gasteiger partial charge in [0.15, 0.2) is 0 Å². The van der Waals surface area contributed by atoms with Gasteiger partial charge in [0.25, 0.3) is 5.91 Å². The monoisotopic (exact) mass is 270 g/mol. The number of anilines is 1. The topological polar surface area (TPSA) is 80.9 Å². The van der Waals surface area contributed by atoms with Crippen LogP contribution in [0, 0.1) is 20.8 Å². The van der Waals surface area contributed by atoms with Crippen molar-refractivity contribution in [1.29, 1.82) is 0 Å². The van der Waals surface area contributed by atoms with Gasteiger partial charge in [-0.05, 0) is 44.0 Å². The van der Waals surface area contributed by atoms with Crippen LogP contribution >= 0.6 is 0 Å². The third-order valence-corrected chi connectivity index (χ3v) is 3.27. The molecule has 2 aromatic rings. The summed E-state index contributed by atoms with van der Waals surface area (Å²) in [6.07, 6.45) is 0. The van der Waals surface area contributed by atoms with Crippen LogP contribution in [0.15, 0.2) is 24.3 Å². The van der Waals surface area contributed by atoms with Gasteiger partial charge in [0.05, 0.1) is 17.0 Å². The molecule has 0 atom stereocenters. The molecule has 104 valence electrons. The molecule has 0 aliphatic rings. The average Bonchev–Trinajstić information content (AvgIpc) is 2.43. The maximum atomic E-state index is 12.2. The molecule has 1 aromatic heterocycles. The van der Waals surface area contributed by atoms with Crippen molar-refractivity contribution in [2.75, 3.05) is 5.73 Å². The standard InChI is InChI=1S/C15H18N4O/c1-9-7-13(11(3)19-18-9)15(20)17-8-12-5-4-6-14(16)10(12)2/h4-7H,8,16H2,1-3H3,(H,17,20). The zero-order chi connectivity index (χ0) is 14.7. The quantitative estimate of drug-likeness (QED) is 0.835. The lowest BCUT2D eigenvalue weighted by Crippen LogP contribution is -2.24. The number of rotatable bonds is 3. The number of nitrogens with one attached hydrogen (secondary N) is 1.